The van der Waals surface area contributed by atoms with E-state index in [2.05, 4.69) is 60.7 Å². The van der Waals surface area contributed by atoms with Crippen LogP contribution in [0.4, 0.5) is 0 Å². The second-order valence-corrected chi connectivity index (χ2v) is 4.59. The Hall–Kier alpha value is -1.34. The molecule has 2 aromatic rings. The van der Waals surface area contributed by atoms with Gasteiger partial charge in [0.25, 0.3) is 0 Å². The quantitative estimate of drug-likeness (QED) is 0.611. The lowest BCUT2D eigenvalue weighted by atomic mass is 10.4. The van der Waals surface area contributed by atoms with Gasteiger partial charge in [-0.2, -0.15) is 0 Å². The molecule has 0 N–H and O–H groups in total. The van der Waals surface area contributed by atoms with Crippen LogP contribution in [0.1, 0.15) is 0 Å². The zero-order chi connectivity index (χ0) is 8.93. The highest BCUT2D eigenvalue weighted by Gasteiger charge is 2.08. The van der Waals surface area contributed by atoms with Crippen molar-refractivity contribution in [3.8, 4) is 0 Å². The first kappa shape index (κ1) is 8.26. The normalized spacial score (nSPS) is 9.54. The van der Waals surface area contributed by atoms with Gasteiger partial charge in [-0.05, 0) is 24.3 Å². The summed E-state index contributed by atoms with van der Waals surface area (Å²) >= 11 is 0. The van der Waals surface area contributed by atoms with Crippen molar-refractivity contribution in [1.82, 2.24) is 0 Å². The first-order valence-electron chi connectivity index (χ1n) is 4.40. The molecule has 0 saturated carbocycles. The molecule has 0 fully saturated rings. The summed E-state index contributed by atoms with van der Waals surface area (Å²) in [4.78, 5) is 0. The van der Waals surface area contributed by atoms with Gasteiger partial charge in [0.15, 0.2) is 0 Å². The van der Waals surface area contributed by atoms with Crippen LogP contribution in [-0.4, -0.2) is 9.52 Å². The Morgan fingerprint density at radius 3 is 1.31 bits per heavy atom. The van der Waals surface area contributed by atoms with E-state index in [0.29, 0.717) is 0 Å². The van der Waals surface area contributed by atoms with E-state index < -0.39 is 0 Å². The lowest BCUT2D eigenvalue weighted by molar-refractivity contribution is 1.75. The molecular weight excluding hydrogens is 172 g/mol. The number of rotatable bonds is 2. The Labute approximate surface area is 81.1 Å². The summed E-state index contributed by atoms with van der Waals surface area (Å²) in [6.07, 6.45) is 0. The lowest BCUT2D eigenvalue weighted by Crippen LogP contribution is -2.26. The fourth-order valence-electron chi connectivity index (χ4n) is 1.29. The van der Waals surface area contributed by atoms with E-state index in [1.165, 1.54) is 10.4 Å². The topological polar surface area (TPSA) is 0 Å². The van der Waals surface area contributed by atoms with Crippen molar-refractivity contribution in [3.05, 3.63) is 60.7 Å². The van der Waals surface area contributed by atoms with Crippen LogP contribution in [0.25, 0.3) is 0 Å². The van der Waals surface area contributed by atoms with Crippen LogP contribution in [0.5, 0.6) is 0 Å². The van der Waals surface area contributed by atoms with E-state index in [0.717, 1.165) is 0 Å². The average molecular weight is 183 g/mol. The fourth-order valence-corrected chi connectivity index (χ4v) is 2.51. The zero-order valence-corrected chi connectivity index (χ0v) is 8.51. The van der Waals surface area contributed by atoms with Crippen molar-refractivity contribution in [2.45, 2.75) is 0 Å². The smallest absolute Gasteiger partial charge is 0.0621 e. The molecule has 0 aliphatic heterocycles. The molecule has 0 unspecified atom stereocenters. The van der Waals surface area contributed by atoms with Crippen LogP contribution in [0.15, 0.2) is 60.7 Å². The SMILES string of the molecule is c1ccc([SiH+]c2ccccc2)cc1. The molecule has 0 heterocycles. The highest BCUT2D eigenvalue weighted by atomic mass is 28.2. The Bertz CT molecular complexity index is 316. The maximum atomic E-state index is 2.20. The summed E-state index contributed by atoms with van der Waals surface area (Å²) < 4.78 is 0. The predicted octanol–water partition coefficient (Wildman–Crippen LogP) is 1.07. The van der Waals surface area contributed by atoms with Crippen LogP contribution in [0, 0.1) is 0 Å². The Kier molecular flexibility index (Phi) is 2.58. The monoisotopic (exact) mass is 183 g/mol. The summed E-state index contributed by atoms with van der Waals surface area (Å²) in [6.45, 7) is 0. The largest absolute Gasteiger partial charge is 0.375 e. The molecule has 0 aliphatic carbocycles. The van der Waals surface area contributed by atoms with E-state index in [9.17, 15) is 0 Å². The minimum absolute atomic E-state index is 0.271. The fraction of sp³-hybridized carbons (Fsp3) is 0. The van der Waals surface area contributed by atoms with Gasteiger partial charge in [0, 0.05) is 0 Å². The highest BCUT2D eigenvalue weighted by Crippen LogP contribution is 1.84. The second-order valence-electron chi connectivity index (χ2n) is 2.97. The molecule has 0 radical (unpaired) electrons. The Morgan fingerprint density at radius 1 is 0.538 bits per heavy atom. The first-order valence-corrected chi connectivity index (χ1v) is 5.55. The minimum Gasteiger partial charge on any atom is -0.0621 e. The van der Waals surface area contributed by atoms with Crippen molar-refractivity contribution in [2.75, 3.05) is 0 Å². The van der Waals surface area contributed by atoms with E-state index in [1.54, 1.807) is 0 Å². The molecule has 0 nitrogen and oxygen atoms in total. The van der Waals surface area contributed by atoms with Gasteiger partial charge in [0.2, 0.25) is 0 Å². The van der Waals surface area contributed by atoms with Crippen LogP contribution in [-0.2, 0) is 0 Å². The minimum atomic E-state index is 0.271. The molecule has 0 aromatic heterocycles. The van der Waals surface area contributed by atoms with Gasteiger partial charge < -0.3 is 0 Å². The zero-order valence-electron chi connectivity index (χ0n) is 7.35. The van der Waals surface area contributed by atoms with Crippen molar-refractivity contribution in [1.29, 1.82) is 0 Å². The third-order valence-corrected chi connectivity index (χ3v) is 3.37. The van der Waals surface area contributed by atoms with Crippen LogP contribution < -0.4 is 10.4 Å². The molecule has 62 valence electrons. The molecule has 0 bridgehead atoms. The molecule has 0 amide bonds. The van der Waals surface area contributed by atoms with Crippen LogP contribution in [0.2, 0.25) is 0 Å². The first-order chi connectivity index (χ1) is 6.45. The number of benzene rings is 2. The van der Waals surface area contributed by atoms with Crippen molar-refractivity contribution >= 4 is 19.9 Å². The van der Waals surface area contributed by atoms with E-state index in [-0.39, 0.29) is 9.52 Å². The molecular formula is C12H11Si+. The molecule has 2 aromatic carbocycles. The standard InChI is InChI=1S/C12H11Si/c1-3-7-11(8-4-1)13-12-9-5-2-6-10-12/h1-10,13H/q+1. The highest BCUT2D eigenvalue weighted by molar-refractivity contribution is 6.67. The molecule has 0 atom stereocenters. The maximum absolute atomic E-state index is 2.20. The van der Waals surface area contributed by atoms with Crippen molar-refractivity contribution in [2.24, 2.45) is 0 Å². The summed E-state index contributed by atoms with van der Waals surface area (Å²) in [6, 6.07) is 21.3. The molecule has 2 rings (SSSR count). The third kappa shape index (κ3) is 2.29. The van der Waals surface area contributed by atoms with Crippen molar-refractivity contribution < 1.29 is 0 Å². The van der Waals surface area contributed by atoms with Gasteiger partial charge in [-0.3, -0.25) is 0 Å². The molecule has 0 spiro atoms. The Morgan fingerprint density at radius 2 is 0.923 bits per heavy atom. The van der Waals surface area contributed by atoms with Crippen molar-refractivity contribution in [3.63, 3.8) is 0 Å². The summed E-state index contributed by atoms with van der Waals surface area (Å²) in [7, 11) is 0.271. The summed E-state index contributed by atoms with van der Waals surface area (Å²) in [5, 5.41) is 2.90. The lowest BCUT2D eigenvalue weighted by Gasteiger charge is -1.87. The van der Waals surface area contributed by atoms with Gasteiger partial charge in [0.1, 0.15) is 0 Å². The van der Waals surface area contributed by atoms with E-state index >= 15 is 0 Å². The van der Waals surface area contributed by atoms with Gasteiger partial charge in [-0.25, -0.2) is 0 Å². The number of hydrogen-bond acceptors (Lipinski definition) is 0. The van der Waals surface area contributed by atoms with Crippen LogP contribution >= 0.6 is 0 Å². The predicted molar refractivity (Wildman–Crippen MR) is 59.3 cm³/mol. The Balaban J connectivity index is 2.16. The van der Waals surface area contributed by atoms with Crippen LogP contribution in [0.3, 0.4) is 0 Å². The molecule has 0 aliphatic rings. The molecule has 0 saturated heterocycles. The molecule has 13 heavy (non-hydrogen) atoms. The van der Waals surface area contributed by atoms with E-state index in [1.807, 2.05) is 0 Å². The van der Waals surface area contributed by atoms with Gasteiger partial charge >= 0.3 is 9.52 Å². The van der Waals surface area contributed by atoms with Gasteiger partial charge in [0.05, 0.1) is 10.4 Å². The average Bonchev–Trinajstić information content (AvgIpc) is 2.21. The molecule has 1 heteroatoms. The summed E-state index contributed by atoms with van der Waals surface area (Å²) in [5.41, 5.74) is 0. The van der Waals surface area contributed by atoms with Gasteiger partial charge in [-0.15, -0.1) is 0 Å². The maximum Gasteiger partial charge on any atom is 0.375 e. The second kappa shape index (κ2) is 4.05. The van der Waals surface area contributed by atoms with Gasteiger partial charge in [-0.1, -0.05) is 36.4 Å². The number of hydrogen-bond donors (Lipinski definition) is 0. The van der Waals surface area contributed by atoms with E-state index in [4.69, 9.17) is 0 Å². The summed E-state index contributed by atoms with van der Waals surface area (Å²) in [5.74, 6) is 0. The third-order valence-electron chi connectivity index (χ3n) is 1.93.